The van der Waals surface area contributed by atoms with Crippen LogP contribution in [0.3, 0.4) is 0 Å². The largest absolute Gasteiger partial charge is 0.490 e. The first-order chi connectivity index (χ1) is 16.4. The van der Waals surface area contributed by atoms with Gasteiger partial charge in [-0.15, -0.1) is 0 Å². The van der Waals surface area contributed by atoms with Crippen molar-refractivity contribution in [3.8, 4) is 11.5 Å². The van der Waals surface area contributed by atoms with E-state index in [-0.39, 0.29) is 24.9 Å². The van der Waals surface area contributed by atoms with Gasteiger partial charge in [0.1, 0.15) is 0 Å². The first-order valence-corrected chi connectivity index (χ1v) is 12.2. The van der Waals surface area contributed by atoms with Crippen LogP contribution in [0.25, 0.3) is 0 Å². The third kappa shape index (κ3) is 6.93. The van der Waals surface area contributed by atoms with E-state index in [0.29, 0.717) is 60.9 Å². The van der Waals surface area contributed by atoms with Crippen molar-refractivity contribution in [1.82, 2.24) is 4.90 Å². The highest BCUT2D eigenvalue weighted by Crippen LogP contribution is 2.33. The van der Waals surface area contributed by atoms with Crippen LogP contribution in [0.2, 0.25) is 10.0 Å². The fourth-order valence-electron chi connectivity index (χ4n) is 3.65. The van der Waals surface area contributed by atoms with E-state index in [0.717, 1.165) is 17.7 Å². The number of carbonyl (C=O) groups excluding carboxylic acids is 2. The first kappa shape index (κ1) is 26.0. The van der Waals surface area contributed by atoms with Gasteiger partial charge < -0.3 is 24.0 Å². The number of ether oxygens (including phenoxy) is 3. The maximum atomic E-state index is 12.8. The maximum Gasteiger partial charge on any atom is 0.310 e. The molecule has 0 bridgehead atoms. The van der Waals surface area contributed by atoms with E-state index in [4.69, 9.17) is 37.4 Å². The molecule has 1 heterocycles. The van der Waals surface area contributed by atoms with Gasteiger partial charge in [-0.05, 0) is 43.2 Å². The minimum Gasteiger partial charge on any atom is -0.490 e. The Hall–Kier alpha value is -2.64. The second-order valence-corrected chi connectivity index (χ2v) is 8.63. The Labute approximate surface area is 210 Å². The van der Waals surface area contributed by atoms with Crippen LogP contribution in [-0.2, 0) is 20.7 Å². The Morgan fingerprint density at radius 3 is 2.44 bits per heavy atom. The zero-order valence-electron chi connectivity index (χ0n) is 19.5. The van der Waals surface area contributed by atoms with Crippen LogP contribution in [0.1, 0.15) is 25.8 Å². The third-order valence-corrected chi connectivity index (χ3v) is 6.19. The van der Waals surface area contributed by atoms with E-state index in [2.05, 4.69) is 4.90 Å². The van der Waals surface area contributed by atoms with Gasteiger partial charge in [0.05, 0.1) is 35.4 Å². The summed E-state index contributed by atoms with van der Waals surface area (Å²) in [5, 5.41) is 1.04. The fourth-order valence-corrected chi connectivity index (χ4v) is 4.06. The van der Waals surface area contributed by atoms with Gasteiger partial charge in [-0.1, -0.05) is 42.3 Å². The van der Waals surface area contributed by atoms with Crippen LogP contribution in [-0.4, -0.2) is 62.8 Å². The van der Waals surface area contributed by atoms with E-state index in [1.165, 1.54) is 0 Å². The van der Waals surface area contributed by atoms with Crippen molar-refractivity contribution in [2.24, 2.45) is 0 Å². The molecule has 7 nitrogen and oxygen atoms in total. The molecule has 0 unspecified atom stereocenters. The second-order valence-electron chi connectivity index (χ2n) is 7.84. The van der Waals surface area contributed by atoms with Crippen molar-refractivity contribution >= 4 is 40.8 Å². The standard InChI is InChI=1S/C25H30Cl2N2O5/c1-3-14-33-24(31)16-18-8-9-21(22(15-18)32-4-2)34-17-23(30)29-12-10-28(11-13-29)20-7-5-6-19(26)25(20)27/h5-9,15H,3-4,10-14,16-17H2,1-2H3. The number of anilines is 1. The third-order valence-electron chi connectivity index (χ3n) is 5.38. The molecule has 34 heavy (non-hydrogen) atoms. The molecular weight excluding hydrogens is 479 g/mol. The van der Waals surface area contributed by atoms with Crippen LogP contribution in [0.4, 0.5) is 5.69 Å². The predicted molar refractivity (Wildman–Crippen MR) is 133 cm³/mol. The summed E-state index contributed by atoms with van der Waals surface area (Å²) in [4.78, 5) is 28.5. The lowest BCUT2D eigenvalue weighted by atomic mass is 10.1. The van der Waals surface area contributed by atoms with Crippen LogP contribution >= 0.6 is 23.2 Å². The van der Waals surface area contributed by atoms with Crippen LogP contribution in [0, 0.1) is 0 Å². The second kappa shape index (κ2) is 12.7. The average Bonchev–Trinajstić information content (AvgIpc) is 2.84. The Kier molecular flexibility index (Phi) is 9.72. The summed E-state index contributed by atoms with van der Waals surface area (Å²) >= 11 is 12.5. The normalized spacial score (nSPS) is 13.5. The van der Waals surface area contributed by atoms with Gasteiger partial charge in [0.25, 0.3) is 5.91 Å². The van der Waals surface area contributed by atoms with Gasteiger partial charge in [0.15, 0.2) is 18.1 Å². The molecule has 1 fully saturated rings. The summed E-state index contributed by atoms with van der Waals surface area (Å²) in [5.74, 6) is 0.569. The van der Waals surface area contributed by atoms with E-state index in [1.54, 1.807) is 29.2 Å². The van der Waals surface area contributed by atoms with Crippen molar-refractivity contribution in [2.45, 2.75) is 26.7 Å². The average molecular weight is 509 g/mol. The number of piperazine rings is 1. The van der Waals surface area contributed by atoms with Gasteiger partial charge in [-0.3, -0.25) is 9.59 Å². The minimum atomic E-state index is -0.286. The highest BCUT2D eigenvalue weighted by atomic mass is 35.5. The highest BCUT2D eigenvalue weighted by Gasteiger charge is 2.23. The summed E-state index contributed by atoms with van der Waals surface area (Å²) < 4.78 is 16.6. The molecule has 0 atom stereocenters. The number of esters is 1. The number of rotatable bonds is 10. The molecule has 1 aliphatic rings. The number of halogens is 2. The summed E-state index contributed by atoms with van der Waals surface area (Å²) in [6.45, 7) is 6.96. The summed E-state index contributed by atoms with van der Waals surface area (Å²) in [6.07, 6.45) is 0.931. The Balaban J connectivity index is 1.54. The molecule has 0 spiro atoms. The SMILES string of the molecule is CCCOC(=O)Cc1ccc(OCC(=O)N2CCN(c3cccc(Cl)c3Cl)CC2)c(OCC)c1. The number of hydrogen-bond donors (Lipinski definition) is 0. The van der Waals surface area contributed by atoms with Crippen LogP contribution in [0.5, 0.6) is 11.5 Å². The predicted octanol–water partition coefficient (Wildman–Crippen LogP) is 4.62. The molecule has 9 heteroatoms. The van der Waals surface area contributed by atoms with E-state index < -0.39 is 0 Å². The van der Waals surface area contributed by atoms with Crippen molar-refractivity contribution in [2.75, 3.05) is 50.9 Å². The molecule has 0 radical (unpaired) electrons. The molecule has 1 aliphatic heterocycles. The lowest BCUT2D eigenvalue weighted by Crippen LogP contribution is -2.50. The fraction of sp³-hybridized carbons (Fsp3) is 0.440. The molecule has 1 amide bonds. The Morgan fingerprint density at radius 2 is 1.74 bits per heavy atom. The van der Waals surface area contributed by atoms with E-state index in [9.17, 15) is 9.59 Å². The molecule has 1 saturated heterocycles. The lowest BCUT2D eigenvalue weighted by Gasteiger charge is -2.36. The monoisotopic (exact) mass is 508 g/mol. The topological polar surface area (TPSA) is 68.3 Å². The number of benzene rings is 2. The number of carbonyl (C=O) groups is 2. The van der Waals surface area contributed by atoms with Crippen LogP contribution < -0.4 is 14.4 Å². The Morgan fingerprint density at radius 1 is 0.971 bits per heavy atom. The van der Waals surface area contributed by atoms with E-state index in [1.807, 2.05) is 26.0 Å². The summed E-state index contributed by atoms with van der Waals surface area (Å²) in [5.41, 5.74) is 1.64. The van der Waals surface area contributed by atoms with Gasteiger partial charge in [0.2, 0.25) is 0 Å². The molecule has 0 N–H and O–H groups in total. The van der Waals surface area contributed by atoms with Crippen molar-refractivity contribution in [1.29, 1.82) is 0 Å². The molecule has 2 aromatic rings. The molecular formula is C25H30Cl2N2O5. The van der Waals surface area contributed by atoms with Crippen LogP contribution in [0.15, 0.2) is 36.4 Å². The first-order valence-electron chi connectivity index (χ1n) is 11.4. The van der Waals surface area contributed by atoms with Gasteiger partial charge in [-0.2, -0.15) is 0 Å². The van der Waals surface area contributed by atoms with E-state index >= 15 is 0 Å². The molecule has 3 rings (SSSR count). The summed E-state index contributed by atoms with van der Waals surface area (Å²) in [6, 6.07) is 10.8. The van der Waals surface area contributed by atoms with Crippen molar-refractivity contribution < 1.29 is 23.8 Å². The van der Waals surface area contributed by atoms with Gasteiger partial charge in [-0.25, -0.2) is 0 Å². The lowest BCUT2D eigenvalue weighted by molar-refractivity contribution is -0.142. The zero-order valence-corrected chi connectivity index (χ0v) is 21.0. The van der Waals surface area contributed by atoms with Crippen molar-refractivity contribution in [3.05, 3.63) is 52.0 Å². The quantitative estimate of drug-likeness (QED) is 0.436. The molecule has 184 valence electrons. The minimum absolute atomic E-state index is 0.101. The number of amides is 1. The highest BCUT2D eigenvalue weighted by molar-refractivity contribution is 6.43. The summed E-state index contributed by atoms with van der Waals surface area (Å²) in [7, 11) is 0. The molecule has 2 aromatic carbocycles. The molecule has 0 aromatic heterocycles. The molecule has 0 saturated carbocycles. The number of nitrogens with zero attached hydrogens (tertiary/aromatic N) is 2. The van der Waals surface area contributed by atoms with Gasteiger partial charge >= 0.3 is 5.97 Å². The van der Waals surface area contributed by atoms with Crippen molar-refractivity contribution in [3.63, 3.8) is 0 Å². The van der Waals surface area contributed by atoms with Gasteiger partial charge in [0, 0.05) is 26.2 Å². The number of hydrogen-bond acceptors (Lipinski definition) is 6. The molecule has 0 aliphatic carbocycles. The smallest absolute Gasteiger partial charge is 0.310 e. The zero-order chi connectivity index (χ0) is 24.5. The Bertz CT molecular complexity index is 993. The maximum absolute atomic E-state index is 12.8.